The number of halogens is 1. The summed E-state index contributed by atoms with van der Waals surface area (Å²) in [4.78, 5) is 17.6. The first-order valence-electron chi connectivity index (χ1n) is 5.42. The van der Waals surface area contributed by atoms with E-state index < -0.39 is 0 Å². The lowest BCUT2D eigenvalue weighted by molar-refractivity contribution is 0.102. The molecule has 0 atom stereocenters. The first-order chi connectivity index (χ1) is 8.58. The van der Waals surface area contributed by atoms with Gasteiger partial charge in [0.05, 0.1) is 21.3 Å². The molecule has 0 bridgehead atoms. The number of carbonyl (C=O) groups excluding carboxylic acids is 1. The van der Waals surface area contributed by atoms with Crippen LogP contribution in [0.2, 0.25) is 5.02 Å². The molecule has 0 unspecified atom stereocenters. The first-order valence-corrected chi connectivity index (χ1v) is 7.60. The van der Waals surface area contributed by atoms with Gasteiger partial charge in [-0.25, -0.2) is 4.98 Å². The third kappa shape index (κ3) is 3.13. The number of hydrogen-bond acceptors (Lipinski definition) is 4. The summed E-state index contributed by atoms with van der Waals surface area (Å²) in [5.74, 6) is 0.821. The summed E-state index contributed by atoms with van der Waals surface area (Å²) >= 11 is 9.19. The Morgan fingerprint density at radius 1 is 1.44 bits per heavy atom. The second-order valence-corrected chi connectivity index (χ2v) is 6.31. The second-order valence-electron chi connectivity index (χ2n) is 3.80. The Kier molecular flexibility index (Phi) is 4.43. The molecule has 5 heteroatoms. The number of thiazole rings is 1. The minimum atomic E-state index is 0.0824. The molecule has 1 aromatic carbocycles. The van der Waals surface area contributed by atoms with Crippen LogP contribution in [0.1, 0.15) is 27.3 Å². The van der Waals surface area contributed by atoms with Crippen molar-refractivity contribution in [2.45, 2.75) is 24.5 Å². The van der Waals surface area contributed by atoms with Crippen LogP contribution in [0.15, 0.2) is 29.2 Å². The summed E-state index contributed by atoms with van der Waals surface area (Å²) in [5, 5.41) is 1.71. The number of benzene rings is 1. The maximum Gasteiger partial charge on any atom is 0.171 e. The molecule has 2 aromatic rings. The molecule has 1 aromatic heterocycles. The van der Waals surface area contributed by atoms with Gasteiger partial charge in [0.15, 0.2) is 5.78 Å². The van der Waals surface area contributed by atoms with Crippen molar-refractivity contribution in [3.63, 3.8) is 0 Å². The predicted molar refractivity (Wildman–Crippen MR) is 77.9 cm³/mol. The van der Waals surface area contributed by atoms with E-state index in [-0.39, 0.29) is 5.78 Å². The molecule has 0 fully saturated rings. The monoisotopic (exact) mass is 297 g/mol. The second kappa shape index (κ2) is 5.87. The van der Waals surface area contributed by atoms with E-state index >= 15 is 0 Å². The maximum absolute atomic E-state index is 11.4. The van der Waals surface area contributed by atoms with Crippen molar-refractivity contribution in [2.75, 3.05) is 0 Å². The highest BCUT2D eigenvalue weighted by Gasteiger charge is 2.11. The van der Waals surface area contributed by atoms with Crippen LogP contribution in [0.3, 0.4) is 0 Å². The Bertz CT molecular complexity index is 580. The van der Waals surface area contributed by atoms with Crippen molar-refractivity contribution in [1.82, 2.24) is 4.98 Å². The van der Waals surface area contributed by atoms with E-state index in [1.54, 1.807) is 18.7 Å². The molecule has 0 N–H and O–H groups in total. The summed E-state index contributed by atoms with van der Waals surface area (Å²) in [6, 6.07) is 7.73. The number of nitrogens with zero attached hydrogens (tertiary/aromatic N) is 1. The van der Waals surface area contributed by atoms with E-state index in [1.807, 2.05) is 31.2 Å². The fourth-order valence-electron chi connectivity index (χ4n) is 1.54. The predicted octanol–water partition coefficient (Wildman–Crippen LogP) is 4.60. The van der Waals surface area contributed by atoms with Crippen molar-refractivity contribution < 1.29 is 4.79 Å². The molecule has 2 rings (SSSR count). The van der Waals surface area contributed by atoms with E-state index in [2.05, 4.69) is 4.98 Å². The fraction of sp³-hybridized carbons (Fsp3) is 0.231. The molecule has 0 saturated carbocycles. The molecular weight excluding hydrogens is 286 g/mol. The molecule has 0 amide bonds. The number of Topliss-reactive ketones (excluding diaryl/α,β-unsaturated/α-hetero) is 1. The quantitative estimate of drug-likeness (QED) is 0.610. The minimum absolute atomic E-state index is 0.0824. The highest BCUT2D eigenvalue weighted by atomic mass is 35.5. The zero-order valence-corrected chi connectivity index (χ0v) is 12.5. The van der Waals surface area contributed by atoms with Gasteiger partial charge in [0.2, 0.25) is 0 Å². The molecule has 2 nitrogen and oxygen atoms in total. The lowest BCUT2D eigenvalue weighted by Crippen LogP contribution is -1.89. The van der Waals surface area contributed by atoms with Gasteiger partial charge < -0.3 is 0 Å². The SMILES string of the molecule is CC(=O)c1sc(CSc2ccccc2Cl)nc1C. The molecule has 18 heavy (non-hydrogen) atoms. The fourth-order valence-corrected chi connectivity index (χ4v) is 3.73. The van der Waals surface area contributed by atoms with Crippen molar-refractivity contribution in [1.29, 1.82) is 0 Å². The van der Waals surface area contributed by atoms with E-state index in [9.17, 15) is 4.79 Å². The van der Waals surface area contributed by atoms with Crippen molar-refractivity contribution in [3.8, 4) is 0 Å². The van der Waals surface area contributed by atoms with Crippen LogP contribution < -0.4 is 0 Å². The summed E-state index contributed by atoms with van der Waals surface area (Å²) in [6.07, 6.45) is 0. The Labute approximate surface area is 119 Å². The van der Waals surface area contributed by atoms with Crippen LogP contribution in [-0.2, 0) is 5.75 Å². The number of carbonyl (C=O) groups is 1. The molecule has 0 aliphatic heterocycles. The Morgan fingerprint density at radius 2 is 2.17 bits per heavy atom. The van der Waals surface area contributed by atoms with E-state index in [0.29, 0.717) is 0 Å². The van der Waals surface area contributed by atoms with E-state index in [4.69, 9.17) is 11.6 Å². The van der Waals surface area contributed by atoms with Gasteiger partial charge in [-0.05, 0) is 19.1 Å². The van der Waals surface area contributed by atoms with Crippen LogP contribution in [0, 0.1) is 6.92 Å². The highest BCUT2D eigenvalue weighted by Crippen LogP contribution is 2.31. The average molecular weight is 298 g/mol. The average Bonchev–Trinajstić information content (AvgIpc) is 2.70. The summed E-state index contributed by atoms with van der Waals surface area (Å²) in [7, 11) is 0. The zero-order valence-electron chi connectivity index (χ0n) is 10.1. The number of rotatable bonds is 4. The third-order valence-corrected chi connectivity index (χ3v) is 5.32. The molecule has 94 valence electrons. The van der Waals surface area contributed by atoms with Gasteiger partial charge in [-0.1, -0.05) is 23.7 Å². The van der Waals surface area contributed by atoms with Gasteiger partial charge in [-0.15, -0.1) is 23.1 Å². The van der Waals surface area contributed by atoms with Crippen molar-refractivity contribution in [3.05, 3.63) is 44.9 Å². The topological polar surface area (TPSA) is 30.0 Å². The van der Waals surface area contributed by atoms with Gasteiger partial charge in [0.1, 0.15) is 5.01 Å². The Hall–Kier alpha value is -0.840. The number of aromatic nitrogens is 1. The van der Waals surface area contributed by atoms with Gasteiger partial charge in [-0.3, -0.25) is 4.79 Å². The Morgan fingerprint density at radius 3 is 2.78 bits per heavy atom. The molecule has 1 heterocycles. The van der Waals surface area contributed by atoms with Crippen LogP contribution in [0.5, 0.6) is 0 Å². The van der Waals surface area contributed by atoms with Crippen molar-refractivity contribution >= 4 is 40.5 Å². The maximum atomic E-state index is 11.4. The number of hydrogen-bond donors (Lipinski definition) is 0. The normalized spacial score (nSPS) is 10.6. The summed E-state index contributed by atoms with van der Waals surface area (Å²) < 4.78 is 0. The highest BCUT2D eigenvalue weighted by molar-refractivity contribution is 7.98. The minimum Gasteiger partial charge on any atom is -0.294 e. The van der Waals surface area contributed by atoms with Crippen LogP contribution >= 0.6 is 34.7 Å². The third-order valence-electron chi connectivity index (χ3n) is 2.35. The first kappa shape index (κ1) is 13.6. The number of thioether (sulfide) groups is 1. The molecule has 0 aliphatic carbocycles. The Balaban J connectivity index is 2.09. The number of aryl methyl sites for hydroxylation is 1. The van der Waals surface area contributed by atoms with E-state index in [1.165, 1.54) is 11.3 Å². The van der Waals surface area contributed by atoms with Crippen LogP contribution in [-0.4, -0.2) is 10.8 Å². The summed E-state index contributed by atoms with van der Waals surface area (Å²) in [6.45, 7) is 3.45. The largest absolute Gasteiger partial charge is 0.294 e. The lowest BCUT2D eigenvalue weighted by atomic mass is 10.3. The van der Waals surface area contributed by atoms with Gasteiger partial charge >= 0.3 is 0 Å². The van der Waals surface area contributed by atoms with Gasteiger partial charge in [-0.2, -0.15) is 0 Å². The van der Waals surface area contributed by atoms with Gasteiger partial charge in [0.25, 0.3) is 0 Å². The number of ketones is 1. The van der Waals surface area contributed by atoms with E-state index in [0.717, 1.165) is 31.2 Å². The standard InChI is InChI=1S/C13H12ClNOS2/c1-8-13(9(2)16)18-12(15-8)7-17-11-6-4-3-5-10(11)14/h3-6H,7H2,1-2H3. The van der Waals surface area contributed by atoms with Crippen LogP contribution in [0.25, 0.3) is 0 Å². The van der Waals surface area contributed by atoms with Crippen molar-refractivity contribution in [2.24, 2.45) is 0 Å². The van der Waals surface area contributed by atoms with Crippen LogP contribution in [0.4, 0.5) is 0 Å². The van der Waals surface area contributed by atoms with Gasteiger partial charge in [0, 0.05) is 11.8 Å². The summed E-state index contributed by atoms with van der Waals surface area (Å²) in [5.41, 5.74) is 0.822. The molecular formula is C13H12ClNOS2. The molecule has 0 aliphatic rings. The lowest BCUT2D eigenvalue weighted by Gasteiger charge is -2.01. The molecule has 0 spiro atoms. The zero-order chi connectivity index (χ0) is 13.1. The molecule has 0 radical (unpaired) electrons. The molecule has 0 saturated heterocycles. The smallest absolute Gasteiger partial charge is 0.171 e.